The zero-order valence-corrected chi connectivity index (χ0v) is 7.99. The summed E-state index contributed by atoms with van der Waals surface area (Å²) in [5, 5.41) is 8.46. The Hall–Kier alpha value is -1.10. The zero-order chi connectivity index (χ0) is 10.4. The van der Waals surface area contributed by atoms with Gasteiger partial charge in [-0.05, 0) is 13.8 Å². The highest BCUT2D eigenvalue weighted by Gasteiger charge is 2.18. The number of carbonyl (C=O) groups is 2. The Morgan fingerprint density at radius 1 is 1.38 bits per heavy atom. The molecule has 0 aromatic rings. The molecule has 0 saturated carbocycles. The maximum Gasteiger partial charge on any atom is 0.321 e. The van der Waals surface area contributed by atoms with Crippen molar-refractivity contribution in [3.05, 3.63) is 0 Å². The predicted molar refractivity (Wildman–Crippen MR) is 48.2 cm³/mol. The zero-order valence-electron chi connectivity index (χ0n) is 7.99. The Morgan fingerprint density at radius 3 is 2.15 bits per heavy atom. The summed E-state index contributed by atoms with van der Waals surface area (Å²) < 4.78 is 0. The van der Waals surface area contributed by atoms with Gasteiger partial charge < -0.3 is 15.7 Å². The first-order chi connectivity index (χ1) is 6.02. The molecule has 5 heteroatoms. The molecule has 0 spiro atoms. The van der Waals surface area contributed by atoms with Crippen LogP contribution in [-0.2, 0) is 9.59 Å². The molecule has 0 aromatic heterocycles. The van der Waals surface area contributed by atoms with Crippen LogP contribution in [0.2, 0.25) is 0 Å². The van der Waals surface area contributed by atoms with E-state index in [4.69, 9.17) is 10.8 Å². The minimum Gasteiger partial charge on any atom is -0.480 e. The van der Waals surface area contributed by atoms with Gasteiger partial charge in [-0.15, -0.1) is 0 Å². The van der Waals surface area contributed by atoms with Crippen molar-refractivity contribution in [1.82, 2.24) is 4.90 Å². The summed E-state index contributed by atoms with van der Waals surface area (Å²) in [5.74, 6) is -1.35. The van der Waals surface area contributed by atoms with E-state index in [1.807, 2.05) is 13.8 Å². The molecule has 0 heterocycles. The van der Waals surface area contributed by atoms with Gasteiger partial charge in [0, 0.05) is 13.1 Å². The molecule has 0 aromatic carbocycles. The molecule has 0 aliphatic carbocycles. The highest BCUT2D eigenvalue weighted by Crippen LogP contribution is 1.96. The predicted octanol–water partition coefficient (Wildman–Crippen LogP) is -0.343. The van der Waals surface area contributed by atoms with Crippen molar-refractivity contribution in [2.75, 3.05) is 13.1 Å². The van der Waals surface area contributed by atoms with Gasteiger partial charge in [-0.1, -0.05) is 0 Å². The molecule has 0 bridgehead atoms. The van der Waals surface area contributed by atoms with Gasteiger partial charge in [-0.25, -0.2) is 0 Å². The number of nitrogens with two attached hydrogens (primary N) is 1. The Morgan fingerprint density at radius 2 is 1.85 bits per heavy atom. The van der Waals surface area contributed by atoms with E-state index in [2.05, 4.69) is 0 Å². The lowest BCUT2D eigenvalue weighted by Gasteiger charge is -2.19. The maximum atomic E-state index is 11.3. The van der Waals surface area contributed by atoms with Gasteiger partial charge in [0.25, 0.3) is 0 Å². The Kier molecular flexibility index (Phi) is 5.06. The van der Waals surface area contributed by atoms with Gasteiger partial charge in [-0.3, -0.25) is 9.59 Å². The second kappa shape index (κ2) is 5.53. The minimum absolute atomic E-state index is 0.128. The summed E-state index contributed by atoms with van der Waals surface area (Å²) in [7, 11) is 0. The lowest BCUT2D eigenvalue weighted by molar-refractivity contribution is -0.142. The summed E-state index contributed by atoms with van der Waals surface area (Å²) in [6.07, 6.45) is -0.128. The molecule has 3 N–H and O–H groups in total. The number of rotatable bonds is 5. The van der Waals surface area contributed by atoms with Crippen LogP contribution in [0.1, 0.15) is 20.3 Å². The monoisotopic (exact) mass is 188 g/mol. The fourth-order valence-corrected chi connectivity index (χ4v) is 0.981. The average molecular weight is 188 g/mol. The molecule has 0 saturated heterocycles. The van der Waals surface area contributed by atoms with Crippen molar-refractivity contribution in [3.8, 4) is 0 Å². The summed E-state index contributed by atoms with van der Waals surface area (Å²) >= 11 is 0. The van der Waals surface area contributed by atoms with Crippen LogP contribution in [0, 0.1) is 0 Å². The molecule has 0 unspecified atom stereocenters. The molecule has 76 valence electrons. The molecule has 0 aliphatic rings. The summed E-state index contributed by atoms with van der Waals surface area (Å²) in [6.45, 7) is 4.85. The van der Waals surface area contributed by atoms with Crippen LogP contribution < -0.4 is 5.73 Å². The highest BCUT2D eigenvalue weighted by atomic mass is 16.4. The number of carboxylic acid groups (broad SMARTS) is 1. The number of carbonyl (C=O) groups excluding carboxylic acids is 1. The Bertz CT molecular complexity index is 190. The van der Waals surface area contributed by atoms with E-state index >= 15 is 0 Å². The van der Waals surface area contributed by atoms with E-state index in [1.165, 1.54) is 0 Å². The van der Waals surface area contributed by atoms with Crippen LogP contribution in [0.5, 0.6) is 0 Å². The van der Waals surface area contributed by atoms with Crippen molar-refractivity contribution in [2.45, 2.75) is 26.3 Å². The van der Waals surface area contributed by atoms with Crippen LogP contribution in [0.4, 0.5) is 0 Å². The van der Waals surface area contributed by atoms with E-state index < -0.39 is 12.0 Å². The third-order valence-electron chi connectivity index (χ3n) is 1.83. The molecule has 0 aliphatic heterocycles. The number of hydrogen-bond acceptors (Lipinski definition) is 3. The summed E-state index contributed by atoms with van der Waals surface area (Å²) in [4.78, 5) is 23.2. The van der Waals surface area contributed by atoms with Gasteiger partial charge in [0.15, 0.2) is 0 Å². The summed E-state index contributed by atoms with van der Waals surface area (Å²) in [5.41, 5.74) is 5.22. The third kappa shape index (κ3) is 3.89. The number of hydrogen-bond donors (Lipinski definition) is 2. The van der Waals surface area contributed by atoms with E-state index in [9.17, 15) is 9.59 Å². The van der Waals surface area contributed by atoms with Gasteiger partial charge in [-0.2, -0.15) is 0 Å². The topological polar surface area (TPSA) is 83.6 Å². The quantitative estimate of drug-likeness (QED) is 0.618. The van der Waals surface area contributed by atoms with Gasteiger partial charge in [0.1, 0.15) is 6.04 Å². The molecular formula is C8H16N2O3. The second-order valence-corrected chi connectivity index (χ2v) is 2.71. The van der Waals surface area contributed by atoms with Crippen molar-refractivity contribution in [3.63, 3.8) is 0 Å². The second-order valence-electron chi connectivity index (χ2n) is 2.71. The molecule has 13 heavy (non-hydrogen) atoms. The van der Waals surface area contributed by atoms with Crippen LogP contribution >= 0.6 is 0 Å². The molecule has 1 amide bonds. The lowest BCUT2D eigenvalue weighted by Crippen LogP contribution is -2.39. The number of carboxylic acids is 1. The first-order valence-electron chi connectivity index (χ1n) is 4.29. The number of nitrogens with zero attached hydrogens (tertiary/aromatic N) is 1. The van der Waals surface area contributed by atoms with Crippen LogP contribution in [0.25, 0.3) is 0 Å². The number of amides is 1. The average Bonchev–Trinajstić information content (AvgIpc) is 2.06. The smallest absolute Gasteiger partial charge is 0.321 e. The molecule has 0 rings (SSSR count). The Balaban J connectivity index is 4.05. The van der Waals surface area contributed by atoms with Gasteiger partial charge >= 0.3 is 5.97 Å². The normalized spacial score (nSPS) is 12.2. The minimum atomic E-state index is -1.14. The first kappa shape index (κ1) is 11.9. The largest absolute Gasteiger partial charge is 0.480 e. The fourth-order valence-electron chi connectivity index (χ4n) is 0.981. The van der Waals surface area contributed by atoms with Gasteiger partial charge in [0.05, 0.1) is 6.42 Å². The van der Waals surface area contributed by atoms with E-state index in [-0.39, 0.29) is 12.3 Å². The molecule has 0 fully saturated rings. The summed E-state index contributed by atoms with van der Waals surface area (Å²) in [6, 6.07) is -1.09. The van der Waals surface area contributed by atoms with Crippen LogP contribution in [0.15, 0.2) is 0 Å². The molecule has 5 nitrogen and oxygen atoms in total. The van der Waals surface area contributed by atoms with Crippen molar-refractivity contribution >= 4 is 11.9 Å². The third-order valence-corrected chi connectivity index (χ3v) is 1.83. The highest BCUT2D eigenvalue weighted by molar-refractivity contribution is 5.84. The molecule has 1 atom stereocenters. The fraction of sp³-hybridized carbons (Fsp3) is 0.750. The SMILES string of the molecule is CCN(CC)C(=O)C[C@H](N)C(=O)O. The van der Waals surface area contributed by atoms with E-state index in [1.54, 1.807) is 4.90 Å². The van der Waals surface area contributed by atoms with Crippen LogP contribution in [0.3, 0.4) is 0 Å². The van der Waals surface area contributed by atoms with E-state index in [0.717, 1.165) is 0 Å². The first-order valence-corrected chi connectivity index (χ1v) is 4.29. The maximum absolute atomic E-state index is 11.3. The molecular weight excluding hydrogens is 172 g/mol. The van der Waals surface area contributed by atoms with Crippen molar-refractivity contribution in [1.29, 1.82) is 0 Å². The van der Waals surface area contributed by atoms with Gasteiger partial charge in [0.2, 0.25) is 5.91 Å². The van der Waals surface area contributed by atoms with Crippen molar-refractivity contribution < 1.29 is 14.7 Å². The number of aliphatic carboxylic acids is 1. The van der Waals surface area contributed by atoms with Crippen molar-refractivity contribution in [2.24, 2.45) is 5.73 Å². The van der Waals surface area contributed by atoms with E-state index in [0.29, 0.717) is 13.1 Å². The standard InChI is InChI=1S/C8H16N2O3/c1-3-10(4-2)7(11)5-6(9)8(12)13/h6H,3-5,9H2,1-2H3,(H,12,13)/t6-/m0/s1. The lowest BCUT2D eigenvalue weighted by atomic mass is 10.2. The van der Waals surface area contributed by atoms with Crippen LogP contribution in [-0.4, -0.2) is 41.0 Å². The molecule has 0 radical (unpaired) electrons. The Labute approximate surface area is 77.5 Å².